The lowest BCUT2D eigenvalue weighted by molar-refractivity contribution is -0.159. The first-order valence-electron chi connectivity index (χ1n) is 11.2. The van der Waals surface area contributed by atoms with Crippen molar-refractivity contribution in [1.82, 2.24) is 35.3 Å². The van der Waals surface area contributed by atoms with Crippen molar-refractivity contribution >= 4 is 29.5 Å². The number of nitrogens with one attached hydrogen (secondary N) is 1. The molecule has 0 aliphatic carbocycles. The van der Waals surface area contributed by atoms with Crippen LogP contribution >= 0.6 is 11.8 Å². The first-order chi connectivity index (χ1) is 15.8. The molecule has 0 aromatic carbocycles. The SMILES string of the molecule is CC([C@H]1C(=O)N2C(C(=O)O)=C(S[C@@H]3CN[C@H](C(=O)N4CC[C@@H](N)C4)C3)[C@H](C)[C@H]12)n1cnnn1. The van der Waals surface area contributed by atoms with Gasteiger partial charge in [-0.3, -0.25) is 9.59 Å². The van der Waals surface area contributed by atoms with Gasteiger partial charge in [-0.05, 0) is 30.2 Å². The van der Waals surface area contributed by atoms with Crippen LogP contribution in [0.4, 0.5) is 0 Å². The van der Waals surface area contributed by atoms with Gasteiger partial charge in [0.1, 0.15) is 12.0 Å². The summed E-state index contributed by atoms with van der Waals surface area (Å²) in [6.07, 6.45) is 2.90. The van der Waals surface area contributed by atoms with Gasteiger partial charge in [-0.1, -0.05) is 6.92 Å². The van der Waals surface area contributed by atoms with Gasteiger partial charge < -0.3 is 26.0 Å². The highest BCUT2D eigenvalue weighted by Crippen LogP contribution is 2.53. The Kier molecular flexibility index (Phi) is 5.65. The number of carbonyl (C=O) groups is 3. The standard InChI is InChI=1S/C20H28N8O4S/c1-9-15-14(10(2)27-8-23-24-25-27)19(30)28(15)16(20(31)32)17(9)33-12-5-13(22-6-12)18(29)26-4-3-11(21)7-26/h8-15,22H,3-7,21H2,1-2H3,(H,31,32)/t9-,10?,11-,12+,13+,14-,15-/m1/s1. The number of rotatable bonds is 6. The number of hydrogen-bond acceptors (Lipinski definition) is 9. The Bertz CT molecular complexity index is 1000. The van der Waals surface area contributed by atoms with E-state index >= 15 is 0 Å². The third-order valence-corrected chi connectivity index (χ3v) is 8.82. The molecule has 3 fully saturated rings. The quantitative estimate of drug-likeness (QED) is 0.436. The highest BCUT2D eigenvalue weighted by Gasteiger charge is 2.61. The summed E-state index contributed by atoms with van der Waals surface area (Å²) in [6, 6.07) is -0.778. The van der Waals surface area contributed by atoms with Crippen LogP contribution in [-0.2, 0) is 14.4 Å². The molecule has 13 heteroatoms. The van der Waals surface area contributed by atoms with Gasteiger partial charge in [0.15, 0.2) is 0 Å². The number of aliphatic carboxylic acids is 1. The Hall–Kier alpha value is -2.51. The van der Waals surface area contributed by atoms with Gasteiger partial charge in [0.2, 0.25) is 11.8 Å². The predicted molar refractivity (Wildman–Crippen MR) is 117 cm³/mol. The van der Waals surface area contributed by atoms with Crippen LogP contribution in [0.1, 0.15) is 32.7 Å². The Morgan fingerprint density at radius 3 is 2.82 bits per heavy atom. The molecule has 3 saturated heterocycles. The number of hydrogen-bond donors (Lipinski definition) is 3. The number of nitrogens with two attached hydrogens (primary N) is 1. The Balaban J connectivity index is 1.30. The van der Waals surface area contributed by atoms with Crippen molar-refractivity contribution in [3.05, 3.63) is 16.9 Å². The van der Waals surface area contributed by atoms with Crippen molar-refractivity contribution in [3.63, 3.8) is 0 Å². The molecule has 2 amide bonds. The molecule has 4 aliphatic rings. The van der Waals surface area contributed by atoms with E-state index in [2.05, 4.69) is 20.8 Å². The summed E-state index contributed by atoms with van der Waals surface area (Å²) in [5, 5.41) is 24.5. The average molecular weight is 477 g/mol. The zero-order valence-corrected chi connectivity index (χ0v) is 19.3. The first kappa shape index (κ1) is 22.3. The van der Waals surface area contributed by atoms with Crippen LogP contribution in [0.15, 0.2) is 16.9 Å². The maximum absolute atomic E-state index is 13.0. The molecule has 5 heterocycles. The summed E-state index contributed by atoms with van der Waals surface area (Å²) < 4.78 is 1.54. The summed E-state index contributed by atoms with van der Waals surface area (Å²) in [6.45, 7) is 5.71. The molecule has 0 saturated carbocycles. The molecule has 0 spiro atoms. The molecular formula is C20H28N8O4S. The summed E-state index contributed by atoms with van der Waals surface area (Å²) in [4.78, 5) is 41.9. The van der Waals surface area contributed by atoms with Crippen molar-refractivity contribution in [3.8, 4) is 0 Å². The van der Waals surface area contributed by atoms with Crippen LogP contribution in [0.5, 0.6) is 0 Å². The van der Waals surface area contributed by atoms with Gasteiger partial charge in [0.25, 0.3) is 0 Å². The largest absolute Gasteiger partial charge is 0.477 e. The third-order valence-electron chi connectivity index (χ3n) is 7.31. The van der Waals surface area contributed by atoms with E-state index in [1.54, 1.807) is 4.68 Å². The summed E-state index contributed by atoms with van der Waals surface area (Å²) >= 11 is 1.48. The minimum atomic E-state index is -1.10. The van der Waals surface area contributed by atoms with E-state index in [0.29, 0.717) is 31.0 Å². The molecule has 33 heavy (non-hydrogen) atoms. The number of tetrazole rings is 1. The molecule has 5 rings (SSSR count). The number of fused-ring (bicyclic) bond motifs is 1. The highest BCUT2D eigenvalue weighted by atomic mass is 32.2. The van der Waals surface area contributed by atoms with Gasteiger partial charge in [-0.25, -0.2) is 9.48 Å². The van der Waals surface area contributed by atoms with Crippen molar-refractivity contribution in [1.29, 1.82) is 0 Å². The molecule has 4 N–H and O–H groups in total. The lowest BCUT2D eigenvalue weighted by Gasteiger charge is -2.47. The molecule has 0 radical (unpaired) electrons. The minimum Gasteiger partial charge on any atom is -0.477 e. The molecule has 7 atom stereocenters. The van der Waals surface area contributed by atoms with Crippen molar-refractivity contribution in [2.24, 2.45) is 17.6 Å². The second kappa shape index (κ2) is 8.37. The summed E-state index contributed by atoms with van der Waals surface area (Å²) in [7, 11) is 0. The fourth-order valence-corrected chi connectivity index (χ4v) is 7.05. The number of aromatic nitrogens is 4. The number of carboxylic acid groups (broad SMARTS) is 1. The van der Waals surface area contributed by atoms with E-state index in [0.717, 1.165) is 6.42 Å². The zero-order chi connectivity index (χ0) is 23.4. The van der Waals surface area contributed by atoms with Crippen LogP contribution in [-0.4, -0.2) is 95.9 Å². The fraction of sp³-hybridized carbons (Fsp3) is 0.700. The number of β-lactam (4-membered cyclic amide) rings is 1. The molecule has 12 nitrogen and oxygen atoms in total. The number of amides is 2. The number of thioether (sulfide) groups is 1. The smallest absolute Gasteiger partial charge is 0.353 e. The molecule has 1 unspecified atom stereocenters. The second-order valence-corrected chi connectivity index (χ2v) is 10.7. The topological polar surface area (TPSA) is 160 Å². The highest BCUT2D eigenvalue weighted by molar-refractivity contribution is 8.03. The van der Waals surface area contributed by atoms with Crippen molar-refractivity contribution in [2.75, 3.05) is 19.6 Å². The molecule has 1 aromatic rings. The molecular weight excluding hydrogens is 448 g/mol. The van der Waals surface area contributed by atoms with E-state index in [1.807, 2.05) is 18.7 Å². The number of nitrogens with zero attached hydrogens (tertiary/aromatic N) is 6. The number of likely N-dealkylation sites (tertiary alicyclic amines) is 1. The Morgan fingerprint density at radius 1 is 1.39 bits per heavy atom. The van der Waals surface area contributed by atoms with Gasteiger partial charge >= 0.3 is 5.97 Å². The number of carbonyl (C=O) groups excluding carboxylic acids is 2. The van der Waals surface area contributed by atoms with Crippen LogP contribution in [0, 0.1) is 11.8 Å². The molecule has 178 valence electrons. The lowest BCUT2D eigenvalue weighted by Crippen LogP contribution is -2.62. The van der Waals surface area contributed by atoms with Crippen LogP contribution < -0.4 is 11.1 Å². The van der Waals surface area contributed by atoms with Gasteiger partial charge in [0.05, 0.1) is 24.0 Å². The van der Waals surface area contributed by atoms with E-state index in [4.69, 9.17) is 5.73 Å². The van der Waals surface area contributed by atoms with Crippen molar-refractivity contribution < 1.29 is 19.5 Å². The average Bonchev–Trinajstić information content (AvgIpc) is 3.56. The maximum atomic E-state index is 13.0. The Morgan fingerprint density at radius 2 is 2.18 bits per heavy atom. The van der Waals surface area contributed by atoms with Crippen LogP contribution in [0.3, 0.4) is 0 Å². The van der Waals surface area contributed by atoms with E-state index in [1.165, 1.54) is 23.0 Å². The van der Waals surface area contributed by atoms with E-state index in [-0.39, 0.29) is 52.8 Å². The summed E-state index contributed by atoms with van der Waals surface area (Å²) in [5.74, 6) is -1.78. The predicted octanol–water partition coefficient (Wildman–Crippen LogP) is -0.970. The monoisotopic (exact) mass is 476 g/mol. The third kappa shape index (κ3) is 3.62. The van der Waals surface area contributed by atoms with Crippen LogP contribution in [0.25, 0.3) is 0 Å². The van der Waals surface area contributed by atoms with Gasteiger partial charge in [-0.2, -0.15) is 0 Å². The van der Waals surface area contributed by atoms with E-state index < -0.39 is 11.9 Å². The van der Waals surface area contributed by atoms with Gasteiger partial charge in [-0.15, -0.1) is 16.9 Å². The zero-order valence-electron chi connectivity index (χ0n) is 18.5. The van der Waals surface area contributed by atoms with Crippen molar-refractivity contribution in [2.45, 2.75) is 56.1 Å². The fourth-order valence-electron chi connectivity index (χ4n) is 5.57. The Labute approximate surface area is 194 Å². The van der Waals surface area contributed by atoms with Gasteiger partial charge in [0, 0.05) is 41.7 Å². The normalized spacial score (nSPS) is 34.6. The summed E-state index contributed by atoms with van der Waals surface area (Å²) in [5.41, 5.74) is 6.01. The molecule has 4 aliphatic heterocycles. The second-order valence-electron chi connectivity index (χ2n) is 9.33. The van der Waals surface area contributed by atoms with Crippen LogP contribution in [0.2, 0.25) is 0 Å². The van der Waals surface area contributed by atoms with E-state index in [9.17, 15) is 19.5 Å². The first-order valence-corrected chi connectivity index (χ1v) is 12.1. The minimum absolute atomic E-state index is 0.0360. The molecule has 0 bridgehead atoms. The lowest BCUT2D eigenvalue weighted by atomic mass is 9.78. The maximum Gasteiger partial charge on any atom is 0.353 e. The molecule has 1 aromatic heterocycles. The number of carboxylic acids is 1.